The summed E-state index contributed by atoms with van der Waals surface area (Å²) < 4.78 is 11.6. The largest absolute Gasteiger partial charge is 0.466 e. The molecule has 0 aliphatic carbocycles. The number of aliphatic hydroxyl groups excluding tert-OH is 1. The number of hydrogen-bond donors (Lipinski definition) is 2. The highest BCUT2D eigenvalue weighted by Gasteiger charge is 2.75. The number of esters is 1. The lowest BCUT2D eigenvalue weighted by Gasteiger charge is -2.36. The molecule has 174 valence electrons. The van der Waals surface area contributed by atoms with Gasteiger partial charge < -0.3 is 24.8 Å². The number of nitrogens with zero attached hydrogens (tertiary/aromatic N) is 1. The van der Waals surface area contributed by atoms with Crippen LogP contribution in [0.3, 0.4) is 0 Å². The van der Waals surface area contributed by atoms with E-state index in [1.54, 1.807) is 6.92 Å². The van der Waals surface area contributed by atoms with E-state index in [-0.39, 0.29) is 25.0 Å². The molecule has 1 aromatic rings. The van der Waals surface area contributed by atoms with Crippen molar-refractivity contribution in [3.8, 4) is 0 Å². The molecule has 2 bridgehead atoms. The zero-order valence-corrected chi connectivity index (χ0v) is 19.1. The van der Waals surface area contributed by atoms with Crippen molar-refractivity contribution < 1.29 is 29.0 Å². The highest BCUT2D eigenvalue weighted by atomic mass is 16.6. The molecule has 3 aliphatic heterocycles. The van der Waals surface area contributed by atoms with Gasteiger partial charge in [0, 0.05) is 5.69 Å². The van der Waals surface area contributed by atoms with Crippen molar-refractivity contribution in [3.63, 3.8) is 0 Å². The van der Waals surface area contributed by atoms with E-state index in [2.05, 4.69) is 5.32 Å². The van der Waals surface area contributed by atoms with Crippen LogP contribution in [-0.4, -0.2) is 64.8 Å². The molecule has 1 aromatic carbocycles. The van der Waals surface area contributed by atoms with Gasteiger partial charge >= 0.3 is 5.97 Å². The number of benzene rings is 1. The number of fused-ring (bicyclic) bond motifs is 1. The SMILES string of the molecule is CCOC(=O)[C@@H]1[C@@H]2CC[C@]3(O2)[C@H](C(=O)Nc2c(C)cccc2C)N([C@@H](CC)CO)C(=O)[C@@H]13. The molecule has 4 rings (SSSR count). The number of aryl methyl sites for hydroxylation is 2. The molecule has 0 radical (unpaired) electrons. The monoisotopic (exact) mass is 444 g/mol. The number of anilines is 1. The zero-order chi connectivity index (χ0) is 23.2. The van der Waals surface area contributed by atoms with Gasteiger partial charge in [-0.2, -0.15) is 0 Å². The van der Waals surface area contributed by atoms with Crippen molar-refractivity contribution in [2.45, 2.75) is 70.7 Å². The van der Waals surface area contributed by atoms with E-state index < -0.39 is 41.6 Å². The van der Waals surface area contributed by atoms with Gasteiger partial charge in [-0.05, 0) is 51.2 Å². The zero-order valence-electron chi connectivity index (χ0n) is 19.1. The molecule has 2 amide bonds. The fourth-order valence-electron chi connectivity index (χ4n) is 5.91. The summed E-state index contributed by atoms with van der Waals surface area (Å²) in [6, 6.07) is 4.28. The van der Waals surface area contributed by atoms with Crippen LogP contribution >= 0.6 is 0 Å². The number of likely N-dealkylation sites (tertiary alicyclic amines) is 1. The van der Waals surface area contributed by atoms with E-state index in [0.717, 1.165) is 11.1 Å². The third kappa shape index (κ3) is 3.23. The van der Waals surface area contributed by atoms with E-state index in [0.29, 0.717) is 24.9 Å². The number of ether oxygens (including phenoxy) is 2. The molecule has 3 aliphatic rings. The molecule has 32 heavy (non-hydrogen) atoms. The Morgan fingerprint density at radius 2 is 2.00 bits per heavy atom. The van der Waals surface area contributed by atoms with E-state index in [9.17, 15) is 19.5 Å². The van der Waals surface area contributed by atoms with Crippen molar-refractivity contribution >= 4 is 23.5 Å². The average Bonchev–Trinajstić information content (AvgIpc) is 3.40. The van der Waals surface area contributed by atoms with Crippen molar-refractivity contribution in [1.82, 2.24) is 4.90 Å². The Labute approximate surface area is 188 Å². The normalized spacial score (nSPS) is 31.5. The second-order valence-corrected chi connectivity index (χ2v) is 9.05. The molecular formula is C24H32N2O6. The molecular weight excluding hydrogens is 412 g/mol. The summed E-state index contributed by atoms with van der Waals surface area (Å²) in [7, 11) is 0. The molecule has 1 spiro atoms. The average molecular weight is 445 g/mol. The number of aliphatic hydroxyl groups is 1. The number of carbonyl (C=O) groups is 3. The van der Waals surface area contributed by atoms with Gasteiger partial charge in [0.05, 0.1) is 37.2 Å². The predicted octanol–water partition coefficient (Wildman–Crippen LogP) is 1.95. The Bertz CT molecular complexity index is 909. The van der Waals surface area contributed by atoms with Crippen LogP contribution in [0.1, 0.15) is 44.2 Å². The van der Waals surface area contributed by atoms with Gasteiger partial charge in [-0.25, -0.2) is 0 Å². The van der Waals surface area contributed by atoms with E-state index in [4.69, 9.17) is 9.47 Å². The Morgan fingerprint density at radius 1 is 1.31 bits per heavy atom. The van der Waals surface area contributed by atoms with Crippen LogP contribution in [0, 0.1) is 25.7 Å². The van der Waals surface area contributed by atoms with Gasteiger partial charge in [-0.3, -0.25) is 14.4 Å². The number of rotatable bonds is 7. The quantitative estimate of drug-likeness (QED) is 0.623. The van der Waals surface area contributed by atoms with Crippen LogP contribution < -0.4 is 5.32 Å². The van der Waals surface area contributed by atoms with Crippen molar-refractivity contribution in [3.05, 3.63) is 29.3 Å². The minimum atomic E-state index is -1.09. The smallest absolute Gasteiger partial charge is 0.312 e. The van der Waals surface area contributed by atoms with Gasteiger partial charge in [-0.1, -0.05) is 25.1 Å². The molecule has 3 saturated heterocycles. The molecule has 0 saturated carbocycles. The van der Waals surface area contributed by atoms with Gasteiger partial charge in [0.1, 0.15) is 11.6 Å². The summed E-state index contributed by atoms with van der Waals surface area (Å²) in [6.07, 6.45) is 1.14. The maximum atomic E-state index is 13.8. The summed E-state index contributed by atoms with van der Waals surface area (Å²) in [4.78, 5) is 41.7. The third-order valence-corrected chi connectivity index (χ3v) is 7.35. The standard InChI is InChI=1S/C24H32N2O6/c1-5-15(12-27)26-20(21(28)25-19-13(3)8-7-9-14(19)4)24-11-10-16(32-24)17(18(24)22(26)29)23(30)31-6-2/h7-9,15-18,20,27H,5-6,10-12H2,1-4H3,(H,25,28)/t15-,16-,17+,18+,20-,24+/m0/s1. The lowest BCUT2D eigenvalue weighted by molar-refractivity contribution is -0.155. The second-order valence-electron chi connectivity index (χ2n) is 9.05. The minimum Gasteiger partial charge on any atom is -0.466 e. The van der Waals surface area contributed by atoms with Crippen LogP contribution in [0.2, 0.25) is 0 Å². The van der Waals surface area contributed by atoms with Gasteiger partial charge in [0.25, 0.3) is 0 Å². The molecule has 6 atom stereocenters. The summed E-state index contributed by atoms with van der Waals surface area (Å²) in [5.41, 5.74) is 1.44. The Morgan fingerprint density at radius 3 is 2.59 bits per heavy atom. The van der Waals surface area contributed by atoms with Gasteiger partial charge in [0.2, 0.25) is 11.8 Å². The maximum absolute atomic E-state index is 13.8. The first-order valence-corrected chi connectivity index (χ1v) is 11.4. The summed E-state index contributed by atoms with van der Waals surface area (Å²) in [5.74, 6) is -2.63. The molecule has 0 unspecified atom stereocenters. The fourth-order valence-corrected chi connectivity index (χ4v) is 5.91. The van der Waals surface area contributed by atoms with Gasteiger partial charge in [0.15, 0.2) is 0 Å². The van der Waals surface area contributed by atoms with Crippen LogP contribution in [0.5, 0.6) is 0 Å². The lowest BCUT2D eigenvalue weighted by atomic mass is 9.70. The lowest BCUT2D eigenvalue weighted by Crippen LogP contribution is -2.56. The summed E-state index contributed by atoms with van der Waals surface area (Å²) >= 11 is 0. The Balaban J connectivity index is 1.76. The van der Waals surface area contributed by atoms with E-state index >= 15 is 0 Å². The Hall–Kier alpha value is -2.45. The first-order chi connectivity index (χ1) is 15.3. The first kappa shape index (κ1) is 22.7. The van der Waals surface area contributed by atoms with Crippen LogP contribution in [-0.2, 0) is 23.9 Å². The number of hydrogen-bond acceptors (Lipinski definition) is 6. The maximum Gasteiger partial charge on any atom is 0.312 e. The number of para-hydroxylation sites is 1. The molecule has 8 nitrogen and oxygen atoms in total. The molecule has 2 N–H and O–H groups in total. The second kappa shape index (κ2) is 8.48. The van der Waals surface area contributed by atoms with Crippen LogP contribution in [0.4, 0.5) is 5.69 Å². The molecule has 0 aromatic heterocycles. The van der Waals surface area contributed by atoms with E-state index in [1.807, 2.05) is 39.0 Å². The predicted molar refractivity (Wildman–Crippen MR) is 117 cm³/mol. The van der Waals surface area contributed by atoms with E-state index in [1.165, 1.54) is 4.90 Å². The fraction of sp³-hybridized carbons (Fsp3) is 0.625. The number of carbonyl (C=O) groups excluding carboxylic acids is 3. The van der Waals surface area contributed by atoms with Crippen LogP contribution in [0.15, 0.2) is 18.2 Å². The first-order valence-electron chi connectivity index (χ1n) is 11.4. The minimum absolute atomic E-state index is 0.213. The Kier molecular flexibility index (Phi) is 6.02. The van der Waals surface area contributed by atoms with Crippen molar-refractivity contribution in [2.24, 2.45) is 11.8 Å². The summed E-state index contributed by atoms with van der Waals surface area (Å²) in [5, 5.41) is 13.0. The number of amides is 2. The number of nitrogens with one attached hydrogen (secondary N) is 1. The van der Waals surface area contributed by atoms with Gasteiger partial charge in [-0.15, -0.1) is 0 Å². The molecule has 3 fully saturated rings. The highest BCUT2D eigenvalue weighted by Crippen LogP contribution is 2.59. The molecule has 3 heterocycles. The molecule has 8 heteroatoms. The topological polar surface area (TPSA) is 105 Å². The third-order valence-electron chi connectivity index (χ3n) is 7.35. The van der Waals surface area contributed by atoms with Crippen molar-refractivity contribution in [1.29, 1.82) is 0 Å². The van der Waals surface area contributed by atoms with Crippen LogP contribution in [0.25, 0.3) is 0 Å². The summed E-state index contributed by atoms with van der Waals surface area (Å²) in [6.45, 7) is 7.36. The highest BCUT2D eigenvalue weighted by molar-refractivity contribution is 6.04. The van der Waals surface area contributed by atoms with Crippen molar-refractivity contribution in [2.75, 3.05) is 18.5 Å².